The molecule has 0 saturated carbocycles. The monoisotopic (exact) mass is 142 g/mol. The zero-order chi connectivity index (χ0) is 8.20. The molecule has 3 nitrogen and oxygen atoms in total. The number of nitrogens with zero attached hydrogens (tertiary/aromatic N) is 1. The van der Waals surface area contributed by atoms with Crippen LogP contribution in [0.1, 0.15) is 20.8 Å². The highest BCUT2D eigenvalue weighted by molar-refractivity contribution is 4.86. The average molecular weight is 142 g/mol. The molecule has 58 valence electrons. The van der Waals surface area contributed by atoms with Crippen LogP contribution in [-0.2, 0) is 0 Å². The molecule has 0 saturated heterocycles. The first kappa shape index (κ1) is 9.41. The summed E-state index contributed by atoms with van der Waals surface area (Å²) >= 11 is 0. The van der Waals surface area contributed by atoms with Crippen molar-refractivity contribution in [3.05, 3.63) is 0 Å². The van der Waals surface area contributed by atoms with E-state index in [0.717, 1.165) is 0 Å². The van der Waals surface area contributed by atoms with Crippen molar-refractivity contribution in [1.29, 1.82) is 5.26 Å². The minimum Gasteiger partial charge on any atom is -0.389 e. The molecule has 0 aliphatic rings. The maximum atomic E-state index is 9.19. The van der Waals surface area contributed by atoms with E-state index >= 15 is 0 Å². The van der Waals surface area contributed by atoms with E-state index in [2.05, 4.69) is 5.32 Å². The number of aliphatic hydroxyl groups is 1. The van der Waals surface area contributed by atoms with Gasteiger partial charge in [-0.3, -0.25) is 5.32 Å². The van der Waals surface area contributed by atoms with Crippen LogP contribution in [-0.4, -0.2) is 23.3 Å². The molecule has 10 heavy (non-hydrogen) atoms. The van der Waals surface area contributed by atoms with Gasteiger partial charge in [-0.2, -0.15) is 5.26 Å². The molecule has 0 spiro atoms. The second kappa shape index (κ2) is 3.55. The lowest BCUT2D eigenvalue weighted by Gasteiger charge is -2.18. The number of nitriles is 1. The smallest absolute Gasteiger partial charge is 0.0925 e. The number of hydrogen-bond acceptors (Lipinski definition) is 3. The maximum Gasteiger partial charge on any atom is 0.0925 e. The Morgan fingerprint density at radius 3 is 2.50 bits per heavy atom. The van der Waals surface area contributed by atoms with Gasteiger partial charge in [-0.05, 0) is 20.8 Å². The van der Waals surface area contributed by atoms with E-state index in [1.54, 1.807) is 20.8 Å². The molecule has 0 aromatic heterocycles. The molecule has 0 bridgehead atoms. The van der Waals surface area contributed by atoms with Crippen molar-refractivity contribution in [1.82, 2.24) is 5.32 Å². The van der Waals surface area contributed by atoms with Gasteiger partial charge in [0.05, 0.1) is 17.7 Å². The van der Waals surface area contributed by atoms with Gasteiger partial charge in [0, 0.05) is 6.54 Å². The Bertz CT molecular complexity index is 132. The third kappa shape index (κ3) is 5.54. The van der Waals surface area contributed by atoms with Crippen LogP contribution in [0.15, 0.2) is 0 Å². The SMILES string of the molecule is CC(C#N)NCC(C)(C)O. The fourth-order valence-electron chi connectivity index (χ4n) is 0.449. The van der Waals surface area contributed by atoms with Gasteiger partial charge in [0.15, 0.2) is 0 Å². The summed E-state index contributed by atoms with van der Waals surface area (Å²) in [5.74, 6) is 0. The summed E-state index contributed by atoms with van der Waals surface area (Å²) in [5, 5.41) is 20.4. The summed E-state index contributed by atoms with van der Waals surface area (Å²) in [4.78, 5) is 0. The summed E-state index contributed by atoms with van der Waals surface area (Å²) in [6.07, 6.45) is 0. The van der Waals surface area contributed by atoms with Gasteiger partial charge in [-0.25, -0.2) is 0 Å². The maximum absolute atomic E-state index is 9.19. The molecule has 2 N–H and O–H groups in total. The van der Waals surface area contributed by atoms with Crippen molar-refractivity contribution in [3.8, 4) is 6.07 Å². The van der Waals surface area contributed by atoms with E-state index in [1.165, 1.54) is 0 Å². The van der Waals surface area contributed by atoms with Gasteiger partial charge in [-0.1, -0.05) is 0 Å². The predicted molar refractivity (Wildman–Crippen MR) is 39.4 cm³/mol. The van der Waals surface area contributed by atoms with Crippen molar-refractivity contribution in [3.63, 3.8) is 0 Å². The summed E-state index contributed by atoms with van der Waals surface area (Å²) < 4.78 is 0. The molecule has 0 radical (unpaired) electrons. The summed E-state index contributed by atoms with van der Waals surface area (Å²) in [6, 6.07) is 1.83. The minimum absolute atomic E-state index is 0.188. The summed E-state index contributed by atoms with van der Waals surface area (Å²) in [6.45, 7) is 5.60. The van der Waals surface area contributed by atoms with Crippen LogP contribution < -0.4 is 5.32 Å². The molecule has 0 aliphatic carbocycles. The molecule has 1 unspecified atom stereocenters. The number of rotatable bonds is 3. The number of hydrogen-bond donors (Lipinski definition) is 2. The van der Waals surface area contributed by atoms with Gasteiger partial charge >= 0.3 is 0 Å². The Balaban J connectivity index is 3.48. The molecule has 0 heterocycles. The van der Waals surface area contributed by atoms with Crippen LogP contribution in [0.2, 0.25) is 0 Å². The lowest BCUT2D eigenvalue weighted by atomic mass is 10.1. The Kier molecular flexibility index (Phi) is 3.34. The third-order valence-corrected chi connectivity index (χ3v) is 1.03. The van der Waals surface area contributed by atoms with E-state index in [-0.39, 0.29) is 6.04 Å². The van der Waals surface area contributed by atoms with Gasteiger partial charge in [-0.15, -0.1) is 0 Å². The van der Waals surface area contributed by atoms with E-state index in [1.807, 2.05) is 6.07 Å². The first-order valence-corrected chi connectivity index (χ1v) is 3.31. The Hall–Kier alpha value is -0.590. The molecule has 0 fully saturated rings. The molecule has 1 atom stereocenters. The zero-order valence-electron chi connectivity index (χ0n) is 6.68. The highest BCUT2D eigenvalue weighted by Gasteiger charge is 2.12. The minimum atomic E-state index is -0.731. The fourth-order valence-corrected chi connectivity index (χ4v) is 0.449. The van der Waals surface area contributed by atoms with Crippen molar-refractivity contribution in [2.75, 3.05) is 6.54 Å². The Morgan fingerprint density at radius 2 is 2.20 bits per heavy atom. The first-order chi connectivity index (χ1) is 4.45. The van der Waals surface area contributed by atoms with Crippen molar-refractivity contribution in [2.45, 2.75) is 32.4 Å². The van der Waals surface area contributed by atoms with Crippen LogP contribution >= 0.6 is 0 Å². The molecule has 0 rings (SSSR count). The van der Waals surface area contributed by atoms with Gasteiger partial charge in [0.2, 0.25) is 0 Å². The van der Waals surface area contributed by atoms with Crippen LogP contribution in [0.3, 0.4) is 0 Å². The quantitative estimate of drug-likeness (QED) is 0.594. The highest BCUT2D eigenvalue weighted by Crippen LogP contribution is 1.97. The van der Waals surface area contributed by atoms with E-state index in [0.29, 0.717) is 6.54 Å². The van der Waals surface area contributed by atoms with E-state index < -0.39 is 5.60 Å². The van der Waals surface area contributed by atoms with Gasteiger partial charge in [0.1, 0.15) is 0 Å². The van der Waals surface area contributed by atoms with Crippen molar-refractivity contribution >= 4 is 0 Å². The lowest BCUT2D eigenvalue weighted by Crippen LogP contribution is -2.38. The Labute approximate surface area is 61.7 Å². The van der Waals surface area contributed by atoms with Crippen LogP contribution in [0.25, 0.3) is 0 Å². The second-order valence-electron chi connectivity index (χ2n) is 3.04. The molecular formula is C7H14N2O. The molecule has 0 amide bonds. The molecule has 0 aromatic rings. The van der Waals surface area contributed by atoms with E-state index in [4.69, 9.17) is 5.26 Å². The van der Waals surface area contributed by atoms with Gasteiger partial charge < -0.3 is 5.11 Å². The second-order valence-corrected chi connectivity index (χ2v) is 3.04. The number of nitrogens with one attached hydrogen (secondary N) is 1. The first-order valence-electron chi connectivity index (χ1n) is 3.31. The largest absolute Gasteiger partial charge is 0.389 e. The molecule has 0 aliphatic heterocycles. The summed E-state index contributed by atoms with van der Waals surface area (Å²) in [7, 11) is 0. The standard InChI is InChI=1S/C7H14N2O/c1-6(4-8)9-5-7(2,3)10/h6,9-10H,5H2,1-3H3. The topological polar surface area (TPSA) is 56.0 Å². The fraction of sp³-hybridized carbons (Fsp3) is 0.857. The van der Waals surface area contributed by atoms with E-state index in [9.17, 15) is 5.11 Å². The van der Waals surface area contributed by atoms with Crippen molar-refractivity contribution < 1.29 is 5.11 Å². The third-order valence-electron chi connectivity index (χ3n) is 1.03. The zero-order valence-corrected chi connectivity index (χ0v) is 6.68. The normalized spacial score (nSPS) is 14.3. The summed E-state index contributed by atoms with van der Waals surface area (Å²) in [5.41, 5.74) is -0.731. The molecule has 0 aromatic carbocycles. The average Bonchev–Trinajstić information content (AvgIpc) is 1.81. The molecular weight excluding hydrogens is 128 g/mol. The Morgan fingerprint density at radius 1 is 1.70 bits per heavy atom. The molecule has 3 heteroatoms. The van der Waals surface area contributed by atoms with Crippen LogP contribution in [0.5, 0.6) is 0 Å². The predicted octanol–water partition coefficient (Wildman–Crippen LogP) is 0.259. The van der Waals surface area contributed by atoms with Crippen LogP contribution in [0, 0.1) is 11.3 Å². The van der Waals surface area contributed by atoms with Crippen molar-refractivity contribution in [2.24, 2.45) is 0 Å². The highest BCUT2D eigenvalue weighted by atomic mass is 16.3. The van der Waals surface area contributed by atoms with Gasteiger partial charge in [0.25, 0.3) is 0 Å². The van der Waals surface area contributed by atoms with Crippen LogP contribution in [0.4, 0.5) is 0 Å². The lowest BCUT2D eigenvalue weighted by molar-refractivity contribution is 0.0787.